The second kappa shape index (κ2) is 5.24. The lowest BCUT2D eigenvalue weighted by Gasteiger charge is -2.27. The van der Waals surface area contributed by atoms with Crippen LogP contribution in [0.5, 0.6) is 0 Å². The van der Waals surface area contributed by atoms with Crippen LogP contribution >= 0.6 is 39.1 Å². The maximum absolute atomic E-state index is 14.0. The minimum atomic E-state index is -0.363. The highest BCUT2D eigenvalue weighted by atomic mass is 79.9. The molecular weight excluding hydrogens is 314 g/mol. The first-order valence-corrected chi connectivity index (χ1v) is 6.64. The molecule has 0 aliphatic rings. The number of hydrogen-bond donors (Lipinski definition) is 0. The molecule has 0 radical (unpaired) electrons. The van der Waals surface area contributed by atoms with Crippen molar-refractivity contribution >= 4 is 39.1 Å². The Morgan fingerprint density at radius 1 is 1.44 bits per heavy atom. The van der Waals surface area contributed by atoms with E-state index in [0.29, 0.717) is 16.5 Å². The van der Waals surface area contributed by atoms with E-state index in [4.69, 9.17) is 23.2 Å². The van der Waals surface area contributed by atoms with Gasteiger partial charge in [-0.1, -0.05) is 31.5 Å². The van der Waals surface area contributed by atoms with Crippen LogP contribution in [-0.2, 0) is 5.41 Å². The molecule has 1 aromatic carbocycles. The van der Waals surface area contributed by atoms with Crippen molar-refractivity contribution in [3.8, 4) is 0 Å². The summed E-state index contributed by atoms with van der Waals surface area (Å²) in [5.41, 5.74) is 0.281. The molecule has 0 fully saturated rings. The summed E-state index contributed by atoms with van der Waals surface area (Å²) in [6.45, 7) is 5.84. The fourth-order valence-electron chi connectivity index (χ4n) is 1.86. The van der Waals surface area contributed by atoms with Crippen LogP contribution in [0, 0.1) is 5.82 Å². The van der Waals surface area contributed by atoms with Gasteiger partial charge in [0.05, 0.1) is 5.02 Å². The fourth-order valence-corrected chi connectivity index (χ4v) is 2.72. The molecule has 4 heteroatoms. The third-order valence-electron chi connectivity index (χ3n) is 2.56. The Morgan fingerprint density at radius 3 is 2.50 bits per heavy atom. The summed E-state index contributed by atoms with van der Waals surface area (Å²) in [6, 6.07) is 3.52. The number of rotatable bonds is 3. The quantitative estimate of drug-likeness (QED) is 0.505. The average Bonchev–Trinajstić information content (AvgIpc) is 2.11. The van der Waals surface area contributed by atoms with E-state index in [1.54, 1.807) is 12.1 Å². The molecule has 0 spiro atoms. The van der Waals surface area contributed by atoms with Gasteiger partial charge >= 0.3 is 0 Å². The molecule has 0 saturated heterocycles. The Balaban J connectivity index is 3.18. The Kier molecular flexibility index (Phi) is 4.67. The Morgan fingerprint density at radius 2 is 2.00 bits per heavy atom. The van der Waals surface area contributed by atoms with Crippen LogP contribution in [0.25, 0.3) is 0 Å². The van der Waals surface area contributed by atoms with Crippen LogP contribution in [0.4, 0.5) is 4.39 Å². The monoisotopic (exact) mass is 326 g/mol. The Bertz CT molecular complexity index is 389. The lowest BCUT2D eigenvalue weighted by atomic mass is 9.80. The number of hydrogen-bond acceptors (Lipinski definition) is 0. The van der Waals surface area contributed by atoms with Crippen molar-refractivity contribution in [2.45, 2.75) is 38.0 Å². The van der Waals surface area contributed by atoms with Gasteiger partial charge in [0.1, 0.15) is 5.82 Å². The van der Waals surface area contributed by atoms with Crippen molar-refractivity contribution in [3.05, 3.63) is 33.0 Å². The minimum Gasteiger partial charge on any atom is -0.205 e. The van der Waals surface area contributed by atoms with Crippen molar-refractivity contribution in [3.63, 3.8) is 0 Å². The molecular formula is C12H14BrCl2F. The van der Waals surface area contributed by atoms with Crippen LogP contribution in [0.2, 0.25) is 5.02 Å². The summed E-state index contributed by atoms with van der Waals surface area (Å²) < 4.78 is 14.6. The van der Waals surface area contributed by atoms with Gasteiger partial charge in [-0.15, -0.1) is 11.6 Å². The minimum absolute atomic E-state index is 0.00294. The molecule has 16 heavy (non-hydrogen) atoms. The van der Waals surface area contributed by atoms with Crippen molar-refractivity contribution in [1.82, 2.24) is 0 Å². The van der Waals surface area contributed by atoms with Crippen molar-refractivity contribution in [1.29, 1.82) is 0 Å². The zero-order chi connectivity index (χ0) is 12.5. The Labute approximate surface area is 114 Å². The normalized spacial score (nSPS) is 13.9. The highest BCUT2D eigenvalue weighted by molar-refractivity contribution is 9.10. The van der Waals surface area contributed by atoms with Gasteiger partial charge in [0, 0.05) is 9.85 Å². The summed E-state index contributed by atoms with van der Waals surface area (Å²) in [6.07, 6.45) is 0.698. The van der Waals surface area contributed by atoms with Gasteiger partial charge in [-0.05, 0) is 46.3 Å². The van der Waals surface area contributed by atoms with Crippen LogP contribution in [-0.4, -0.2) is 5.38 Å². The zero-order valence-electron chi connectivity index (χ0n) is 9.45. The zero-order valence-corrected chi connectivity index (χ0v) is 12.5. The number of alkyl halides is 1. The van der Waals surface area contributed by atoms with Crippen LogP contribution in [0.1, 0.15) is 32.8 Å². The van der Waals surface area contributed by atoms with Crippen LogP contribution in [0.3, 0.4) is 0 Å². The van der Waals surface area contributed by atoms with Gasteiger partial charge in [-0.3, -0.25) is 0 Å². The molecule has 0 heterocycles. The van der Waals surface area contributed by atoms with Crippen molar-refractivity contribution in [2.75, 3.05) is 0 Å². The molecule has 0 nitrogen and oxygen atoms in total. The van der Waals surface area contributed by atoms with Gasteiger partial charge in [0.25, 0.3) is 0 Å². The van der Waals surface area contributed by atoms with Gasteiger partial charge < -0.3 is 0 Å². The summed E-state index contributed by atoms with van der Waals surface area (Å²) in [5.74, 6) is -0.363. The summed E-state index contributed by atoms with van der Waals surface area (Å²) >= 11 is 15.0. The van der Waals surface area contributed by atoms with E-state index in [1.807, 2.05) is 20.8 Å². The number of halogens is 4. The van der Waals surface area contributed by atoms with Gasteiger partial charge in [0.2, 0.25) is 0 Å². The molecule has 90 valence electrons. The van der Waals surface area contributed by atoms with E-state index in [1.165, 1.54) is 0 Å². The Hall–Kier alpha value is 0.210. The van der Waals surface area contributed by atoms with Gasteiger partial charge in [0.15, 0.2) is 0 Å². The van der Waals surface area contributed by atoms with E-state index < -0.39 is 0 Å². The highest BCUT2D eigenvalue weighted by Crippen LogP contribution is 2.36. The van der Waals surface area contributed by atoms with Gasteiger partial charge in [-0.2, -0.15) is 0 Å². The molecule has 0 N–H and O–H groups in total. The van der Waals surface area contributed by atoms with Crippen molar-refractivity contribution in [2.24, 2.45) is 0 Å². The molecule has 1 rings (SSSR count). The predicted octanol–water partition coefficient (Wildman–Crippen LogP) is 5.54. The molecule has 0 saturated carbocycles. The SMILES string of the molecule is CC(Cl)CC(C)(C)c1ccc(Br)c(Cl)c1F. The molecule has 1 atom stereocenters. The molecule has 0 aliphatic carbocycles. The second-order valence-corrected chi connectivity index (χ2v) is 6.57. The third kappa shape index (κ3) is 3.12. The smallest absolute Gasteiger partial charge is 0.146 e. The predicted molar refractivity (Wildman–Crippen MR) is 72.1 cm³/mol. The summed E-state index contributed by atoms with van der Waals surface area (Å²) in [5, 5.41) is 0.129. The van der Waals surface area contributed by atoms with Gasteiger partial charge in [-0.25, -0.2) is 4.39 Å². The first kappa shape index (κ1) is 14.3. The molecule has 1 unspecified atom stereocenters. The summed E-state index contributed by atoms with van der Waals surface area (Å²) in [4.78, 5) is 0. The molecule has 1 aromatic rings. The first-order valence-electron chi connectivity index (χ1n) is 5.04. The maximum atomic E-state index is 14.0. The lowest BCUT2D eigenvalue weighted by molar-refractivity contribution is 0.448. The molecule has 0 aliphatic heterocycles. The standard InChI is InChI=1S/C12H14BrCl2F/c1-7(14)6-12(2,3)8-4-5-9(13)10(15)11(8)16/h4-5,7H,6H2,1-3H3. The maximum Gasteiger partial charge on any atom is 0.146 e. The highest BCUT2D eigenvalue weighted by Gasteiger charge is 2.27. The molecule has 0 bridgehead atoms. The number of benzene rings is 1. The van der Waals surface area contributed by atoms with E-state index in [9.17, 15) is 4.39 Å². The third-order valence-corrected chi connectivity index (χ3v) is 3.97. The largest absolute Gasteiger partial charge is 0.205 e. The van der Waals surface area contributed by atoms with Crippen LogP contribution in [0.15, 0.2) is 16.6 Å². The second-order valence-electron chi connectivity index (χ2n) is 4.59. The van der Waals surface area contributed by atoms with E-state index >= 15 is 0 Å². The fraction of sp³-hybridized carbons (Fsp3) is 0.500. The average molecular weight is 328 g/mol. The van der Waals surface area contributed by atoms with Crippen LogP contribution < -0.4 is 0 Å². The molecule has 0 aromatic heterocycles. The van der Waals surface area contributed by atoms with E-state index in [-0.39, 0.29) is 21.6 Å². The first-order chi connectivity index (χ1) is 7.25. The van der Waals surface area contributed by atoms with E-state index in [2.05, 4.69) is 15.9 Å². The topological polar surface area (TPSA) is 0 Å². The summed E-state index contributed by atoms with van der Waals surface area (Å²) in [7, 11) is 0. The molecule has 0 amide bonds. The van der Waals surface area contributed by atoms with E-state index in [0.717, 1.165) is 0 Å². The van der Waals surface area contributed by atoms with Crippen molar-refractivity contribution < 1.29 is 4.39 Å². The lowest BCUT2D eigenvalue weighted by Crippen LogP contribution is -2.22.